The predicted molar refractivity (Wildman–Crippen MR) is 179 cm³/mol. The van der Waals surface area contributed by atoms with Crippen LogP contribution in [0.2, 0.25) is 10.0 Å². The Morgan fingerprint density at radius 2 is 1.13 bits per heavy atom. The molecule has 0 saturated carbocycles. The average molecular weight is 756 g/mol. The molecule has 2 N–H and O–H groups in total. The number of aromatic nitrogens is 8. The van der Waals surface area contributed by atoms with Crippen LogP contribution in [0.25, 0.3) is 11.3 Å². The second-order valence-electron chi connectivity index (χ2n) is 10.2. The molecule has 0 unspecified atom stereocenters. The molecule has 0 aliphatic carbocycles. The van der Waals surface area contributed by atoms with Crippen LogP contribution in [-0.4, -0.2) is 76.1 Å². The molecule has 2 aromatic carbocycles. The summed E-state index contributed by atoms with van der Waals surface area (Å²) in [6.45, 7) is 3.81. The molecule has 52 heavy (non-hydrogen) atoms. The Labute approximate surface area is 302 Å². The number of carbonyl (C=O) groups is 4. The van der Waals surface area contributed by atoms with E-state index in [-0.39, 0.29) is 65.3 Å². The van der Waals surface area contributed by atoms with Crippen LogP contribution in [-0.2, 0) is 22.6 Å². The molecule has 4 aromatic heterocycles. The van der Waals surface area contributed by atoms with Crippen LogP contribution >= 0.6 is 23.2 Å². The van der Waals surface area contributed by atoms with Gasteiger partial charge in [0.2, 0.25) is 23.3 Å². The number of hydrogen-bond donors (Lipinski definition) is 2. The smallest absolute Gasteiger partial charge is 0.376 e. The van der Waals surface area contributed by atoms with Crippen molar-refractivity contribution in [3.05, 3.63) is 117 Å². The number of benzene rings is 2. The molecule has 0 radical (unpaired) electrons. The highest BCUT2D eigenvalue weighted by atomic mass is 35.5. The number of nitrogens with one attached hydrogen (secondary N) is 2. The molecule has 0 fully saturated rings. The molecular formula is C32H26Cl2F2N10O6. The summed E-state index contributed by atoms with van der Waals surface area (Å²) in [6, 6.07) is 11.2. The van der Waals surface area contributed by atoms with Gasteiger partial charge in [0.1, 0.15) is 11.6 Å². The van der Waals surface area contributed by atoms with Crippen LogP contribution in [0, 0.1) is 11.6 Å². The van der Waals surface area contributed by atoms with Crippen LogP contribution in [0.3, 0.4) is 0 Å². The van der Waals surface area contributed by atoms with E-state index in [1.54, 1.807) is 19.9 Å². The maximum atomic E-state index is 13.3. The second-order valence-corrected chi connectivity index (χ2v) is 11.1. The van der Waals surface area contributed by atoms with E-state index in [4.69, 9.17) is 32.7 Å². The first kappa shape index (κ1) is 37.1. The van der Waals surface area contributed by atoms with E-state index in [9.17, 15) is 28.0 Å². The normalized spacial score (nSPS) is 10.7. The second kappa shape index (κ2) is 16.7. The number of fused-ring (bicyclic) bond motifs is 2. The van der Waals surface area contributed by atoms with Crippen LogP contribution in [0.15, 0.2) is 60.9 Å². The summed E-state index contributed by atoms with van der Waals surface area (Å²) in [5.74, 6) is -4.54. The number of nitrogens with zero attached hydrogens (tertiary/aromatic N) is 8. The van der Waals surface area contributed by atoms with Crippen molar-refractivity contribution in [2.75, 3.05) is 13.2 Å². The van der Waals surface area contributed by atoms with E-state index in [1.807, 2.05) is 0 Å². The van der Waals surface area contributed by atoms with Gasteiger partial charge < -0.3 is 20.1 Å². The Morgan fingerprint density at radius 3 is 1.67 bits per heavy atom. The summed E-state index contributed by atoms with van der Waals surface area (Å²) < 4.78 is 38.7. The van der Waals surface area contributed by atoms with Crippen molar-refractivity contribution >= 4 is 58.2 Å². The van der Waals surface area contributed by atoms with Crippen molar-refractivity contribution < 1.29 is 37.4 Å². The average Bonchev–Trinajstić information content (AvgIpc) is 3.82. The number of ether oxygens (including phenoxy) is 2. The molecule has 0 saturated heterocycles. The van der Waals surface area contributed by atoms with Gasteiger partial charge in [0, 0.05) is 25.2 Å². The van der Waals surface area contributed by atoms with Gasteiger partial charge in [-0.3, -0.25) is 9.59 Å². The fourth-order valence-corrected chi connectivity index (χ4v) is 4.74. The Kier molecular flexibility index (Phi) is 11.9. The monoisotopic (exact) mass is 754 g/mol. The fraction of sp³-hybridized carbons (Fsp3) is 0.188. The van der Waals surface area contributed by atoms with E-state index >= 15 is 0 Å². The van der Waals surface area contributed by atoms with Gasteiger partial charge in [-0.2, -0.15) is 29.2 Å². The molecule has 0 bridgehead atoms. The first-order chi connectivity index (χ1) is 25.0. The van der Waals surface area contributed by atoms with Crippen LogP contribution < -0.4 is 10.6 Å². The lowest BCUT2D eigenvalue weighted by Crippen LogP contribution is -2.30. The SMILES string of the molecule is CCOC(=O)c1nc(C(=O)OCC)n2nccc2n1.O=C(NCc1ccc(F)c(Cl)c1)c1nc(C(=O)NCc2ccc(F)c(Cl)c2)n2nccc2n1. The number of amides is 2. The van der Waals surface area contributed by atoms with Crippen molar-refractivity contribution in [3.63, 3.8) is 0 Å². The molecule has 4 heterocycles. The number of hydrogen-bond acceptors (Lipinski definition) is 12. The van der Waals surface area contributed by atoms with Crippen molar-refractivity contribution in [2.24, 2.45) is 0 Å². The third-order valence-electron chi connectivity index (χ3n) is 6.71. The number of halogens is 4. The van der Waals surface area contributed by atoms with E-state index < -0.39 is 35.4 Å². The summed E-state index contributed by atoms with van der Waals surface area (Å²) >= 11 is 11.5. The first-order valence-electron chi connectivity index (χ1n) is 15.2. The first-order valence-corrected chi connectivity index (χ1v) is 16.0. The molecule has 6 rings (SSSR count). The van der Waals surface area contributed by atoms with Gasteiger partial charge in [-0.15, -0.1) is 0 Å². The standard InChI is InChI=1S/C21H14Cl2F2N6O2.C11H12N4O4/c22-13-7-11(1-3-15(13)24)9-26-20(32)18-29-17-5-6-28-31(17)19(30-18)21(33)27-10-12-2-4-16(25)14(23)8-12;1-3-18-10(16)8-13-7-5-6-12-15(7)9(14-8)11(17)19-4-2/h1-8H,9-10H2,(H,26,32)(H,27,33);5-6H,3-4H2,1-2H3. The Hall–Kier alpha value is -6.14. The highest BCUT2D eigenvalue weighted by Gasteiger charge is 2.22. The molecule has 0 aliphatic heterocycles. The van der Waals surface area contributed by atoms with E-state index in [2.05, 4.69) is 40.8 Å². The minimum Gasteiger partial charge on any atom is -0.460 e. The van der Waals surface area contributed by atoms with Gasteiger partial charge in [-0.05, 0) is 49.2 Å². The van der Waals surface area contributed by atoms with E-state index in [0.29, 0.717) is 16.8 Å². The molecule has 2 amide bonds. The fourth-order valence-electron chi connectivity index (χ4n) is 4.34. The van der Waals surface area contributed by atoms with Crippen molar-refractivity contribution in [1.82, 2.24) is 49.8 Å². The zero-order valence-corrected chi connectivity index (χ0v) is 28.7. The highest BCUT2D eigenvalue weighted by Crippen LogP contribution is 2.17. The Balaban J connectivity index is 0.000000233. The highest BCUT2D eigenvalue weighted by molar-refractivity contribution is 6.31. The summed E-state index contributed by atoms with van der Waals surface area (Å²) in [5.41, 5.74) is 1.68. The van der Waals surface area contributed by atoms with Gasteiger partial charge in [0.15, 0.2) is 11.3 Å². The van der Waals surface area contributed by atoms with Crippen molar-refractivity contribution in [3.8, 4) is 0 Å². The lowest BCUT2D eigenvalue weighted by atomic mass is 10.2. The molecule has 20 heteroatoms. The third kappa shape index (κ3) is 8.77. The number of carbonyl (C=O) groups excluding carboxylic acids is 4. The van der Waals surface area contributed by atoms with Gasteiger partial charge in [-0.1, -0.05) is 35.3 Å². The van der Waals surface area contributed by atoms with Gasteiger partial charge in [0.05, 0.1) is 35.7 Å². The largest absolute Gasteiger partial charge is 0.460 e. The van der Waals surface area contributed by atoms with E-state index in [0.717, 1.165) is 0 Å². The molecule has 0 aliphatic rings. The molecular weight excluding hydrogens is 729 g/mol. The van der Waals surface area contributed by atoms with Crippen LogP contribution in [0.5, 0.6) is 0 Å². The maximum absolute atomic E-state index is 13.3. The lowest BCUT2D eigenvalue weighted by molar-refractivity contribution is 0.0497. The van der Waals surface area contributed by atoms with Crippen molar-refractivity contribution in [1.29, 1.82) is 0 Å². The summed E-state index contributed by atoms with van der Waals surface area (Å²) in [7, 11) is 0. The molecule has 6 aromatic rings. The Bertz CT molecular complexity index is 2300. The number of rotatable bonds is 10. The van der Waals surface area contributed by atoms with Gasteiger partial charge in [-0.25, -0.2) is 28.3 Å². The van der Waals surface area contributed by atoms with Crippen LogP contribution in [0.4, 0.5) is 8.78 Å². The molecule has 0 atom stereocenters. The zero-order chi connectivity index (χ0) is 37.4. The molecule has 16 nitrogen and oxygen atoms in total. The minimum atomic E-state index is -0.697. The van der Waals surface area contributed by atoms with E-state index in [1.165, 1.54) is 63.9 Å². The summed E-state index contributed by atoms with van der Waals surface area (Å²) in [6.07, 6.45) is 2.85. The van der Waals surface area contributed by atoms with Gasteiger partial charge >= 0.3 is 11.9 Å². The quantitative estimate of drug-likeness (QED) is 0.191. The maximum Gasteiger partial charge on any atom is 0.376 e. The minimum absolute atomic E-state index is 0.0401. The summed E-state index contributed by atoms with van der Waals surface area (Å²) in [4.78, 5) is 64.7. The van der Waals surface area contributed by atoms with Crippen LogP contribution in [0.1, 0.15) is 67.5 Å². The van der Waals surface area contributed by atoms with Gasteiger partial charge in [0.25, 0.3) is 11.8 Å². The van der Waals surface area contributed by atoms with Crippen molar-refractivity contribution in [2.45, 2.75) is 26.9 Å². The Morgan fingerprint density at radius 1 is 0.654 bits per heavy atom. The zero-order valence-electron chi connectivity index (χ0n) is 27.1. The third-order valence-corrected chi connectivity index (χ3v) is 7.29. The number of esters is 2. The lowest BCUT2D eigenvalue weighted by Gasteiger charge is -2.09. The summed E-state index contributed by atoms with van der Waals surface area (Å²) in [5, 5.41) is 13.0. The predicted octanol–water partition coefficient (Wildman–Crippen LogP) is 4.05. The molecule has 0 spiro atoms. The molecule has 268 valence electrons. The topological polar surface area (TPSA) is 197 Å².